The summed E-state index contributed by atoms with van der Waals surface area (Å²) in [6, 6.07) is 5.98. The predicted octanol–water partition coefficient (Wildman–Crippen LogP) is 1.54. The average molecular weight is 217 g/mol. The Morgan fingerprint density at radius 1 is 1.40 bits per heavy atom. The van der Waals surface area contributed by atoms with E-state index >= 15 is 0 Å². The molecule has 1 rings (SSSR count). The van der Waals surface area contributed by atoms with E-state index in [1.165, 1.54) is 6.07 Å². The summed E-state index contributed by atoms with van der Waals surface area (Å²) in [5.41, 5.74) is 0.516. The van der Waals surface area contributed by atoms with Gasteiger partial charge < -0.3 is 15.2 Å². The fourth-order valence-corrected chi connectivity index (χ4v) is 1.32. The van der Waals surface area contributed by atoms with E-state index in [1.54, 1.807) is 25.2 Å². The van der Waals surface area contributed by atoms with Crippen molar-refractivity contribution in [2.45, 2.75) is 12.7 Å². The lowest BCUT2D eigenvalue weighted by atomic mass is 10.1. The largest absolute Gasteiger partial charge is 0.434 e. The van der Waals surface area contributed by atoms with E-state index in [-0.39, 0.29) is 12.4 Å². The maximum atomic E-state index is 12.1. The summed E-state index contributed by atoms with van der Waals surface area (Å²) in [6.45, 7) is -3.04. The third kappa shape index (κ3) is 3.14. The molecule has 0 amide bonds. The van der Waals surface area contributed by atoms with Gasteiger partial charge in [0.25, 0.3) is 0 Å². The van der Waals surface area contributed by atoms with Crippen LogP contribution >= 0.6 is 0 Å². The molecule has 2 N–H and O–H groups in total. The van der Waals surface area contributed by atoms with Crippen molar-refractivity contribution in [2.75, 3.05) is 13.7 Å². The number of aliphatic hydroxyl groups is 1. The second kappa shape index (κ2) is 5.63. The zero-order valence-corrected chi connectivity index (χ0v) is 8.28. The molecular weight excluding hydrogens is 204 g/mol. The van der Waals surface area contributed by atoms with Gasteiger partial charge in [-0.15, -0.1) is 0 Å². The van der Waals surface area contributed by atoms with Gasteiger partial charge in [-0.1, -0.05) is 18.2 Å². The lowest BCUT2D eigenvalue weighted by Crippen LogP contribution is -2.21. The molecule has 0 aliphatic rings. The number of ether oxygens (including phenoxy) is 1. The van der Waals surface area contributed by atoms with Crippen molar-refractivity contribution in [3.63, 3.8) is 0 Å². The van der Waals surface area contributed by atoms with E-state index < -0.39 is 12.7 Å². The van der Waals surface area contributed by atoms with Gasteiger partial charge >= 0.3 is 6.61 Å². The van der Waals surface area contributed by atoms with Crippen LogP contribution in [0.15, 0.2) is 24.3 Å². The molecule has 15 heavy (non-hydrogen) atoms. The number of likely N-dealkylation sites (N-methyl/N-ethyl adjacent to an activating group) is 1. The third-order valence-corrected chi connectivity index (χ3v) is 2.04. The molecule has 0 heterocycles. The second-order valence-electron chi connectivity index (χ2n) is 2.94. The van der Waals surface area contributed by atoms with E-state index in [9.17, 15) is 8.78 Å². The fraction of sp³-hybridized carbons (Fsp3) is 0.400. The Kier molecular flexibility index (Phi) is 4.45. The molecule has 0 aliphatic heterocycles. The standard InChI is InChI=1S/C10H13F2NO2/c1-13-8(6-14)7-4-2-3-5-9(7)15-10(11)12/h2-5,8,10,13-14H,6H2,1H3. The molecular formula is C10H13F2NO2. The van der Waals surface area contributed by atoms with Gasteiger partial charge in [-0.2, -0.15) is 8.78 Å². The van der Waals surface area contributed by atoms with Crippen LogP contribution in [0.1, 0.15) is 11.6 Å². The maximum Gasteiger partial charge on any atom is 0.387 e. The van der Waals surface area contributed by atoms with Gasteiger partial charge in [0.1, 0.15) is 5.75 Å². The first-order valence-corrected chi connectivity index (χ1v) is 4.51. The summed E-state index contributed by atoms with van der Waals surface area (Å²) in [5, 5.41) is 11.8. The highest BCUT2D eigenvalue weighted by atomic mass is 19.3. The molecule has 0 bridgehead atoms. The van der Waals surface area contributed by atoms with Gasteiger partial charge in [0, 0.05) is 5.56 Å². The molecule has 0 saturated heterocycles. The molecule has 1 aromatic carbocycles. The molecule has 0 aliphatic carbocycles. The minimum Gasteiger partial charge on any atom is -0.434 e. The van der Waals surface area contributed by atoms with E-state index in [4.69, 9.17) is 5.11 Å². The number of alkyl halides is 2. The summed E-state index contributed by atoms with van der Waals surface area (Å²) < 4.78 is 28.5. The van der Waals surface area contributed by atoms with Crippen LogP contribution in [0.4, 0.5) is 8.78 Å². The summed E-state index contributed by atoms with van der Waals surface area (Å²) >= 11 is 0. The highest BCUT2D eigenvalue weighted by Gasteiger charge is 2.15. The van der Waals surface area contributed by atoms with Gasteiger partial charge in [0.2, 0.25) is 0 Å². The summed E-state index contributed by atoms with van der Waals surface area (Å²) in [4.78, 5) is 0. The van der Waals surface area contributed by atoms with E-state index in [1.807, 2.05) is 0 Å². The van der Waals surface area contributed by atoms with Crippen LogP contribution in [0.25, 0.3) is 0 Å². The van der Waals surface area contributed by atoms with Gasteiger partial charge in [-0.25, -0.2) is 0 Å². The minimum atomic E-state index is -2.86. The van der Waals surface area contributed by atoms with Crippen molar-refractivity contribution >= 4 is 0 Å². The first-order valence-electron chi connectivity index (χ1n) is 4.51. The molecule has 0 fully saturated rings. The van der Waals surface area contributed by atoms with Crippen LogP contribution in [-0.2, 0) is 0 Å². The number of aliphatic hydroxyl groups excluding tert-OH is 1. The molecule has 84 valence electrons. The number of nitrogens with one attached hydrogen (secondary N) is 1. The quantitative estimate of drug-likeness (QED) is 0.786. The zero-order valence-electron chi connectivity index (χ0n) is 8.28. The van der Waals surface area contributed by atoms with Crippen molar-refractivity contribution in [3.8, 4) is 5.75 Å². The van der Waals surface area contributed by atoms with Gasteiger partial charge in [-0.3, -0.25) is 0 Å². The minimum absolute atomic E-state index is 0.0842. The molecule has 1 aromatic rings. The van der Waals surface area contributed by atoms with Crippen molar-refractivity contribution < 1.29 is 18.6 Å². The summed E-state index contributed by atoms with van der Waals surface area (Å²) in [7, 11) is 1.64. The van der Waals surface area contributed by atoms with Gasteiger partial charge in [-0.05, 0) is 13.1 Å². The average Bonchev–Trinajstić information content (AvgIpc) is 2.21. The molecule has 0 spiro atoms. The summed E-state index contributed by atoms with van der Waals surface area (Å²) in [5.74, 6) is 0.0842. The monoisotopic (exact) mass is 217 g/mol. The normalized spacial score (nSPS) is 12.9. The number of hydrogen-bond donors (Lipinski definition) is 2. The number of rotatable bonds is 5. The van der Waals surface area contributed by atoms with Crippen molar-refractivity contribution in [1.82, 2.24) is 5.32 Å². The SMILES string of the molecule is CNC(CO)c1ccccc1OC(F)F. The van der Waals surface area contributed by atoms with Crippen LogP contribution in [-0.4, -0.2) is 25.4 Å². The maximum absolute atomic E-state index is 12.1. The van der Waals surface area contributed by atoms with Crippen LogP contribution in [0.3, 0.4) is 0 Å². The van der Waals surface area contributed by atoms with E-state index in [2.05, 4.69) is 10.1 Å². The lowest BCUT2D eigenvalue weighted by molar-refractivity contribution is -0.0508. The van der Waals surface area contributed by atoms with Crippen LogP contribution in [0.2, 0.25) is 0 Å². The number of benzene rings is 1. The van der Waals surface area contributed by atoms with Crippen molar-refractivity contribution in [3.05, 3.63) is 29.8 Å². The molecule has 0 aromatic heterocycles. The molecule has 3 nitrogen and oxygen atoms in total. The second-order valence-corrected chi connectivity index (χ2v) is 2.94. The predicted molar refractivity (Wildman–Crippen MR) is 52.0 cm³/mol. The zero-order chi connectivity index (χ0) is 11.3. The number of para-hydroxylation sites is 1. The highest BCUT2D eigenvalue weighted by molar-refractivity contribution is 5.36. The Balaban J connectivity index is 2.94. The van der Waals surface area contributed by atoms with Crippen LogP contribution in [0, 0.1) is 0 Å². The first-order chi connectivity index (χ1) is 7.19. The fourth-order valence-electron chi connectivity index (χ4n) is 1.32. The van der Waals surface area contributed by atoms with Gasteiger partial charge in [0.05, 0.1) is 12.6 Å². The number of halogens is 2. The van der Waals surface area contributed by atoms with Crippen molar-refractivity contribution in [1.29, 1.82) is 0 Å². The Bertz CT molecular complexity index is 303. The summed E-state index contributed by atoms with van der Waals surface area (Å²) in [6.07, 6.45) is 0. The first kappa shape index (κ1) is 11.9. The van der Waals surface area contributed by atoms with Crippen LogP contribution in [0.5, 0.6) is 5.75 Å². The molecule has 5 heteroatoms. The Morgan fingerprint density at radius 2 is 2.07 bits per heavy atom. The Labute approximate surface area is 86.7 Å². The molecule has 1 atom stereocenters. The van der Waals surface area contributed by atoms with Gasteiger partial charge in [0.15, 0.2) is 0 Å². The smallest absolute Gasteiger partial charge is 0.387 e. The number of hydrogen-bond acceptors (Lipinski definition) is 3. The molecule has 0 radical (unpaired) electrons. The molecule has 0 saturated carbocycles. The Morgan fingerprint density at radius 3 is 2.60 bits per heavy atom. The highest BCUT2D eigenvalue weighted by Crippen LogP contribution is 2.25. The van der Waals surface area contributed by atoms with E-state index in [0.29, 0.717) is 5.56 Å². The third-order valence-electron chi connectivity index (χ3n) is 2.04. The van der Waals surface area contributed by atoms with Crippen LogP contribution < -0.4 is 10.1 Å². The van der Waals surface area contributed by atoms with Crippen molar-refractivity contribution in [2.24, 2.45) is 0 Å². The Hall–Kier alpha value is -1.20. The van der Waals surface area contributed by atoms with E-state index in [0.717, 1.165) is 0 Å². The lowest BCUT2D eigenvalue weighted by Gasteiger charge is -2.17. The molecule has 1 unspecified atom stereocenters. The topological polar surface area (TPSA) is 41.5 Å².